The molecule has 0 aliphatic rings. The number of benzene rings is 2. The molecular weight excluding hydrogens is 388 g/mol. The van der Waals surface area contributed by atoms with Crippen LogP contribution in [0.4, 0.5) is 5.69 Å². The van der Waals surface area contributed by atoms with E-state index in [1.54, 1.807) is 12.1 Å². The molecule has 0 spiro atoms. The first-order valence-corrected chi connectivity index (χ1v) is 11.7. The maximum Gasteiger partial charge on any atom is 0.261 e. The number of rotatable bonds is 8. The molecule has 0 aromatic heterocycles. The summed E-state index contributed by atoms with van der Waals surface area (Å²) in [6.07, 6.45) is 2.80. The average molecular weight is 411 g/mol. The van der Waals surface area contributed by atoms with Crippen molar-refractivity contribution in [2.75, 3.05) is 17.5 Å². The van der Waals surface area contributed by atoms with Crippen LogP contribution in [-0.4, -0.2) is 35.5 Å². The fourth-order valence-electron chi connectivity index (χ4n) is 2.31. The highest BCUT2D eigenvalue weighted by molar-refractivity contribution is 7.92. The monoisotopic (exact) mass is 410 g/mol. The highest BCUT2D eigenvalue weighted by Gasteiger charge is 2.19. The van der Waals surface area contributed by atoms with E-state index in [1.807, 2.05) is 6.92 Å². The summed E-state index contributed by atoms with van der Waals surface area (Å²) >= 11 is 0. The minimum absolute atomic E-state index is 0.0251. The zero-order valence-electron chi connectivity index (χ0n) is 15.1. The first-order chi connectivity index (χ1) is 12.6. The van der Waals surface area contributed by atoms with Gasteiger partial charge in [-0.05, 0) is 42.8 Å². The minimum Gasteiger partial charge on any atom is -0.352 e. The largest absolute Gasteiger partial charge is 0.352 e. The number of para-hydroxylation sites is 1. The molecule has 7 nitrogen and oxygen atoms in total. The molecule has 1 amide bonds. The third-order valence-corrected chi connectivity index (χ3v) is 6.30. The third-order valence-electron chi connectivity index (χ3n) is 3.79. The molecule has 2 aromatic carbocycles. The fourth-order valence-corrected chi connectivity index (χ4v) is 4.02. The Balaban J connectivity index is 2.27. The molecule has 146 valence electrons. The summed E-state index contributed by atoms with van der Waals surface area (Å²) < 4.78 is 50.6. The summed E-state index contributed by atoms with van der Waals surface area (Å²) in [6, 6.07) is 11.2. The van der Waals surface area contributed by atoms with Gasteiger partial charge in [-0.1, -0.05) is 25.5 Å². The van der Waals surface area contributed by atoms with Gasteiger partial charge in [-0.15, -0.1) is 0 Å². The number of unbranched alkanes of at least 4 members (excludes halogenated alkanes) is 1. The van der Waals surface area contributed by atoms with Crippen molar-refractivity contribution < 1.29 is 21.6 Å². The van der Waals surface area contributed by atoms with Crippen molar-refractivity contribution in [3.05, 3.63) is 54.1 Å². The number of carbonyl (C=O) groups is 1. The molecule has 0 aliphatic heterocycles. The minimum atomic E-state index is -3.98. The Morgan fingerprint density at radius 1 is 0.926 bits per heavy atom. The second-order valence-corrected chi connectivity index (χ2v) is 9.70. The number of sulfone groups is 1. The van der Waals surface area contributed by atoms with Gasteiger partial charge < -0.3 is 5.32 Å². The number of nitrogens with one attached hydrogen (secondary N) is 2. The second-order valence-electron chi connectivity index (χ2n) is 6.00. The van der Waals surface area contributed by atoms with Crippen molar-refractivity contribution in [2.45, 2.75) is 29.6 Å². The van der Waals surface area contributed by atoms with Gasteiger partial charge in [-0.3, -0.25) is 9.52 Å². The summed E-state index contributed by atoms with van der Waals surface area (Å²) in [5, 5.41) is 2.75. The highest BCUT2D eigenvalue weighted by Crippen LogP contribution is 2.21. The highest BCUT2D eigenvalue weighted by atomic mass is 32.2. The van der Waals surface area contributed by atoms with Gasteiger partial charge >= 0.3 is 0 Å². The molecule has 9 heteroatoms. The molecule has 0 radical (unpaired) electrons. The van der Waals surface area contributed by atoms with Crippen molar-refractivity contribution >= 4 is 31.5 Å². The number of sulfonamides is 1. The van der Waals surface area contributed by atoms with Crippen molar-refractivity contribution in [3.8, 4) is 0 Å². The molecule has 0 fully saturated rings. The number of hydrogen-bond donors (Lipinski definition) is 2. The molecule has 2 aromatic rings. The number of amides is 1. The number of hydrogen-bond acceptors (Lipinski definition) is 5. The zero-order chi connectivity index (χ0) is 20.1. The summed E-state index contributed by atoms with van der Waals surface area (Å²) in [4.78, 5) is 12.2. The molecule has 27 heavy (non-hydrogen) atoms. The molecule has 0 atom stereocenters. The van der Waals surface area contributed by atoms with E-state index in [4.69, 9.17) is 0 Å². The van der Waals surface area contributed by atoms with Crippen LogP contribution in [0, 0.1) is 0 Å². The molecule has 2 N–H and O–H groups in total. The fraction of sp³-hybridized carbons (Fsp3) is 0.278. The molecule has 0 unspecified atom stereocenters. The second kappa shape index (κ2) is 8.53. The van der Waals surface area contributed by atoms with Crippen molar-refractivity contribution in [3.63, 3.8) is 0 Å². The topological polar surface area (TPSA) is 109 Å². The van der Waals surface area contributed by atoms with Crippen LogP contribution >= 0.6 is 0 Å². The normalized spacial score (nSPS) is 11.8. The van der Waals surface area contributed by atoms with Crippen LogP contribution in [-0.2, 0) is 19.9 Å². The first kappa shape index (κ1) is 20.9. The predicted octanol–water partition coefficient (Wildman–Crippen LogP) is 2.42. The summed E-state index contributed by atoms with van der Waals surface area (Å²) in [6.45, 7) is 2.51. The SMILES string of the molecule is CCCCNC(=O)c1ccccc1NS(=O)(=O)c1ccc(S(C)(=O)=O)cc1. The lowest BCUT2D eigenvalue weighted by molar-refractivity contribution is 0.0954. The van der Waals surface area contributed by atoms with Crippen LogP contribution in [0.15, 0.2) is 58.3 Å². The quantitative estimate of drug-likeness (QED) is 0.650. The van der Waals surface area contributed by atoms with Gasteiger partial charge in [0.1, 0.15) is 0 Å². The Labute approximate surface area is 159 Å². The molecule has 0 heterocycles. The maximum atomic E-state index is 12.6. The lowest BCUT2D eigenvalue weighted by Gasteiger charge is -2.13. The summed E-state index contributed by atoms with van der Waals surface area (Å²) in [7, 11) is -7.40. The van der Waals surface area contributed by atoms with E-state index in [2.05, 4.69) is 10.0 Å². The standard InChI is InChI=1S/C18H22N2O5S2/c1-3-4-13-19-18(21)16-7-5-6-8-17(16)20-27(24,25)15-11-9-14(10-12-15)26(2,22)23/h5-12,20H,3-4,13H2,1-2H3,(H,19,21). The van der Waals surface area contributed by atoms with E-state index in [0.717, 1.165) is 19.1 Å². The van der Waals surface area contributed by atoms with Crippen LogP contribution in [0.2, 0.25) is 0 Å². The van der Waals surface area contributed by atoms with Crippen LogP contribution in [0.25, 0.3) is 0 Å². The molecule has 0 bridgehead atoms. The van der Waals surface area contributed by atoms with Gasteiger partial charge in [0.05, 0.1) is 21.0 Å². The Bertz CT molecular complexity index is 1010. The van der Waals surface area contributed by atoms with Gasteiger partial charge in [0.2, 0.25) is 0 Å². The van der Waals surface area contributed by atoms with Crippen LogP contribution in [0.3, 0.4) is 0 Å². The van der Waals surface area contributed by atoms with E-state index in [-0.39, 0.29) is 26.9 Å². The Kier molecular flexibility index (Phi) is 6.61. The van der Waals surface area contributed by atoms with E-state index >= 15 is 0 Å². The van der Waals surface area contributed by atoms with Gasteiger partial charge in [0.25, 0.3) is 15.9 Å². The van der Waals surface area contributed by atoms with Crippen molar-refractivity contribution in [1.82, 2.24) is 5.32 Å². The third kappa shape index (κ3) is 5.54. The van der Waals surface area contributed by atoms with Gasteiger partial charge in [-0.25, -0.2) is 16.8 Å². The maximum absolute atomic E-state index is 12.6. The summed E-state index contributed by atoms with van der Waals surface area (Å²) in [5.74, 6) is -0.367. The lowest BCUT2D eigenvalue weighted by Crippen LogP contribution is -2.26. The van der Waals surface area contributed by atoms with Gasteiger partial charge in [0, 0.05) is 12.8 Å². The van der Waals surface area contributed by atoms with Gasteiger partial charge in [0.15, 0.2) is 9.84 Å². The molecular formula is C18H22N2O5S2. The van der Waals surface area contributed by atoms with E-state index in [9.17, 15) is 21.6 Å². The number of anilines is 1. The Morgan fingerprint density at radius 2 is 1.52 bits per heavy atom. The molecule has 0 saturated heterocycles. The zero-order valence-corrected chi connectivity index (χ0v) is 16.7. The summed E-state index contributed by atoms with van der Waals surface area (Å²) in [5.41, 5.74) is 0.364. The first-order valence-electron chi connectivity index (χ1n) is 8.35. The average Bonchev–Trinajstić information content (AvgIpc) is 2.61. The van der Waals surface area contributed by atoms with Crippen molar-refractivity contribution in [1.29, 1.82) is 0 Å². The smallest absolute Gasteiger partial charge is 0.261 e. The van der Waals surface area contributed by atoms with Crippen LogP contribution in [0.5, 0.6) is 0 Å². The molecule has 2 rings (SSSR count). The predicted molar refractivity (Wildman–Crippen MR) is 104 cm³/mol. The lowest BCUT2D eigenvalue weighted by atomic mass is 10.1. The molecule has 0 saturated carbocycles. The van der Waals surface area contributed by atoms with E-state index in [0.29, 0.717) is 6.54 Å². The van der Waals surface area contributed by atoms with E-state index < -0.39 is 19.9 Å². The Hall–Kier alpha value is -2.39. The number of carbonyl (C=O) groups excluding carboxylic acids is 1. The van der Waals surface area contributed by atoms with Crippen molar-refractivity contribution in [2.24, 2.45) is 0 Å². The van der Waals surface area contributed by atoms with Crippen LogP contribution < -0.4 is 10.0 Å². The van der Waals surface area contributed by atoms with E-state index in [1.165, 1.54) is 36.4 Å². The Morgan fingerprint density at radius 3 is 2.11 bits per heavy atom. The van der Waals surface area contributed by atoms with Crippen LogP contribution in [0.1, 0.15) is 30.1 Å². The van der Waals surface area contributed by atoms with Gasteiger partial charge in [-0.2, -0.15) is 0 Å². The molecule has 0 aliphatic carbocycles.